The zero-order chi connectivity index (χ0) is 12.1. The van der Waals surface area contributed by atoms with Crippen molar-refractivity contribution in [3.63, 3.8) is 0 Å². The van der Waals surface area contributed by atoms with E-state index in [4.69, 9.17) is 9.47 Å². The number of hydrogen-bond donors (Lipinski definition) is 1. The molecule has 0 amide bonds. The van der Waals surface area contributed by atoms with Gasteiger partial charge in [0.2, 0.25) is 0 Å². The predicted octanol–water partition coefficient (Wildman–Crippen LogP) is 1.92. The lowest BCUT2D eigenvalue weighted by atomic mass is 10.0. The molecule has 1 saturated heterocycles. The largest absolute Gasteiger partial charge is 0.393 e. The van der Waals surface area contributed by atoms with E-state index >= 15 is 0 Å². The summed E-state index contributed by atoms with van der Waals surface area (Å²) in [6, 6.07) is 8.39. The van der Waals surface area contributed by atoms with Crippen LogP contribution >= 0.6 is 0 Å². The number of ether oxygens (including phenoxy) is 2. The van der Waals surface area contributed by atoms with Gasteiger partial charge in [-0.2, -0.15) is 0 Å². The molecular weight excluding hydrogens is 216 g/mol. The molecule has 0 radical (unpaired) electrons. The minimum Gasteiger partial charge on any atom is -0.393 e. The summed E-state index contributed by atoms with van der Waals surface area (Å²) in [6.07, 6.45) is 1.64. The summed E-state index contributed by atoms with van der Waals surface area (Å²) < 4.78 is 10.6. The molecule has 1 unspecified atom stereocenters. The summed E-state index contributed by atoms with van der Waals surface area (Å²) in [6.45, 7) is 3.42. The SMILES string of the molecule is CCc1ccc(CC(O)CC2OCCO2)cc1. The zero-order valence-electron chi connectivity index (χ0n) is 10.3. The van der Waals surface area contributed by atoms with E-state index in [2.05, 4.69) is 31.2 Å². The van der Waals surface area contributed by atoms with Crippen molar-refractivity contribution in [3.8, 4) is 0 Å². The molecule has 1 aromatic carbocycles. The fourth-order valence-electron chi connectivity index (χ4n) is 2.03. The Bertz CT molecular complexity index is 328. The summed E-state index contributed by atoms with van der Waals surface area (Å²) in [5, 5.41) is 9.93. The van der Waals surface area contributed by atoms with Gasteiger partial charge in [0.25, 0.3) is 0 Å². The molecule has 94 valence electrons. The Kier molecular flexibility index (Phi) is 4.54. The van der Waals surface area contributed by atoms with E-state index in [1.807, 2.05) is 0 Å². The smallest absolute Gasteiger partial charge is 0.160 e. The highest BCUT2D eigenvalue weighted by Crippen LogP contribution is 2.14. The molecule has 0 aliphatic carbocycles. The monoisotopic (exact) mass is 236 g/mol. The van der Waals surface area contributed by atoms with E-state index in [-0.39, 0.29) is 6.29 Å². The van der Waals surface area contributed by atoms with E-state index in [0.717, 1.165) is 12.0 Å². The number of rotatable bonds is 5. The Morgan fingerprint density at radius 1 is 1.18 bits per heavy atom. The maximum absolute atomic E-state index is 9.93. The van der Waals surface area contributed by atoms with Crippen molar-refractivity contribution in [1.29, 1.82) is 0 Å². The van der Waals surface area contributed by atoms with Crippen LogP contribution in [0.5, 0.6) is 0 Å². The van der Waals surface area contributed by atoms with Gasteiger partial charge in [0, 0.05) is 6.42 Å². The summed E-state index contributed by atoms with van der Waals surface area (Å²) in [5.74, 6) is 0. The first kappa shape index (κ1) is 12.6. The Morgan fingerprint density at radius 2 is 1.76 bits per heavy atom. The number of benzene rings is 1. The van der Waals surface area contributed by atoms with E-state index in [1.54, 1.807) is 0 Å². The lowest BCUT2D eigenvalue weighted by molar-refractivity contribution is -0.0698. The summed E-state index contributed by atoms with van der Waals surface area (Å²) in [5.41, 5.74) is 2.48. The lowest BCUT2D eigenvalue weighted by Gasteiger charge is -2.14. The summed E-state index contributed by atoms with van der Waals surface area (Å²) in [7, 11) is 0. The van der Waals surface area contributed by atoms with E-state index in [0.29, 0.717) is 26.1 Å². The first-order chi connectivity index (χ1) is 8.28. The highest BCUT2D eigenvalue weighted by atomic mass is 16.7. The maximum Gasteiger partial charge on any atom is 0.160 e. The molecule has 0 aromatic heterocycles. The number of aliphatic hydroxyl groups is 1. The van der Waals surface area contributed by atoms with Crippen LogP contribution in [-0.2, 0) is 22.3 Å². The third-order valence-corrected chi connectivity index (χ3v) is 3.06. The third-order valence-electron chi connectivity index (χ3n) is 3.06. The van der Waals surface area contributed by atoms with Crippen LogP contribution in [0.4, 0.5) is 0 Å². The van der Waals surface area contributed by atoms with Crippen molar-refractivity contribution < 1.29 is 14.6 Å². The topological polar surface area (TPSA) is 38.7 Å². The minimum atomic E-state index is -0.398. The van der Waals surface area contributed by atoms with Crippen molar-refractivity contribution in [1.82, 2.24) is 0 Å². The zero-order valence-corrected chi connectivity index (χ0v) is 10.3. The van der Waals surface area contributed by atoms with Crippen molar-refractivity contribution in [3.05, 3.63) is 35.4 Å². The normalized spacial score (nSPS) is 18.5. The Morgan fingerprint density at radius 3 is 2.35 bits per heavy atom. The molecule has 1 fully saturated rings. The second-order valence-corrected chi connectivity index (χ2v) is 4.43. The molecule has 0 bridgehead atoms. The first-order valence-electron chi connectivity index (χ1n) is 6.27. The summed E-state index contributed by atoms with van der Waals surface area (Å²) >= 11 is 0. The molecule has 2 rings (SSSR count). The molecule has 1 N–H and O–H groups in total. The van der Waals surface area contributed by atoms with Crippen LogP contribution in [0, 0.1) is 0 Å². The van der Waals surface area contributed by atoms with Crippen molar-refractivity contribution in [2.24, 2.45) is 0 Å². The molecule has 3 nitrogen and oxygen atoms in total. The van der Waals surface area contributed by atoms with Gasteiger partial charge in [0.05, 0.1) is 19.3 Å². The van der Waals surface area contributed by atoms with Gasteiger partial charge in [-0.15, -0.1) is 0 Å². The fraction of sp³-hybridized carbons (Fsp3) is 0.571. The van der Waals surface area contributed by atoms with Crippen molar-refractivity contribution in [2.45, 2.75) is 38.6 Å². The average molecular weight is 236 g/mol. The molecule has 17 heavy (non-hydrogen) atoms. The Hall–Kier alpha value is -0.900. The molecule has 0 spiro atoms. The molecule has 1 aromatic rings. The van der Waals surface area contributed by atoms with Crippen LogP contribution in [0.2, 0.25) is 0 Å². The lowest BCUT2D eigenvalue weighted by Crippen LogP contribution is -2.20. The molecule has 3 heteroatoms. The molecule has 1 atom stereocenters. The number of hydrogen-bond acceptors (Lipinski definition) is 3. The van der Waals surface area contributed by atoms with Gasteiger partial charge in [-0.05, 0) is 24.0 Å². The second-order valence-electron chi connectivity index (χ2n) is 4.43. The first-order valence-corrected chi connectivity index (χ1v) is 6.27. The van der Waals surface area contributed by atoms with Gasteiger partial charge in [-0.3, -0.25) is 0 Å². The third kappa shape index (κ3) is 3.80. The van der Waals surface area contributed by atoms with E-state index < -0.39 is 6.10 Å². The standard InChI is InChI=1S/C14H20O3/c1-2-11-3-5-12(6-4-11)9-13(15)10-14-16-7-8-17-14/h3-6,13-15H,2,7-10H2,1H3. The highest BCUT2D eigenvalue weighted by Gasteiger charge is 2.20. The van der Waals surface area contributed by atoms with Crippen LogP contribution in [0.25, 0.3) is 0 Å². The quantitative estimate of drug-likeness (QED) is 0.848. The van der Waals surface area contributed by atoms with Crippen LogP contribution in [-0.4, -0.2) is 30.7 Å². The van der Waals surface area contributed by atoms with Gasteiger partial charge < -0.3 is 14.6 Å². The van der Waals surface area contributed by atoms with Crippen LogP contribution in [0.15, 0.2) is 24.3 Å². The van der Waals surface area contributed by atoms with Crippen molar-refractivity contribution >= 4 is 0 Å². The molecule has 1 heterocycles. The van der Waals surface area contributed by atoms with Gasteiger partial charge >= 0.3 is 0 Å². The second kappa shape index (κ2) is 6.15. The molecule has 1 aliphatic rings. The summed E-state index contributed by atoms with van der Waals surface area (Å²) in [4.78, 5) is 0. The predicted molar refractivity (Wildman–Crippen MR) is 65.8 cm³/mol. The maximum atomic E-state index is 9.93. The molecule has 0 saturated carbocycles. The number of aryl methyl sites for hydroxylation is 1. The van der Waals surface area contributed by atoms with Crippen molar-refractivity contribution in [2.75, 3.05) is 13.2 Å². The van der Waals surface area contributed by atoms with Gasteiger partial charge in [0.15, 0.2) is 6.29 Å². The van der Waals surface area contributed by atoms with Gasteiger partial charge in [-0.1, -0.05) is 31.2 Å². The average Bonchev–Trinajstić information content (AvgIpc) is 2.82. The van der Waals surface area contributed by atoms with Crippen LogP contribution < -0.4 is 0 Å². The van der Waals surface area contributed by atoms with Crippen LogP contribution in [0.1, 0.15) is 24.5 Å². The van der Waals surface area contributed by atoms with Gasteiger partial charge in [-0.25, -0.2) is 0 Å². The highest BCUT2D eigenvalue weighted by molar-refractivity contribution is 5.22. The Balaban J connectivity index is 1.81. The molecular formula is C14H20O3. The number of aliphatic hydroxyl groups excluding tert-OH is 1. The van der Waals surface area contributed by atoms with Crippen LogP contribution in [0.3, 0.4) is 0 Å². The van der Waals surface area contributed by atoms with Gasteiger partial charge in [0.1, 0.15) is 0 Å². The Labute approximate surface area is 102 Å². The van der Waals surface area contributed by atoms with E-state index in [9.17, 15) is 5.11 Å². The van der Waals surface area contributed by atoms with E-state index in [1.165, 1.54) is 5.56 Å². The minimum absolute atomic E-state index is 0.222. The fourth-order valence-corrected chi connectivity index (χ4v) is 2.03. The molecule has 1 aliphatic heterocycles.